The molecule has 0 aromatic carbocycles. The minimum Gasteiger partial charge on any atom is -0.375 e. The van der Waals surface area contributed by atoms with E-state index in [2.05, 4.69) is 15.0 Å². The molecule has 18 heavy (non-hydrogen) atoms. The zero-order valence-electron chi connectivity index (χ0n) is 9.85. The van der Waals surface area contributed by atoms with Gasteiger partial charge in [0.05, 0.1) is 0 Å². The third-order valence-electron chi connectivity index (χ3n) is 2.18. The van der Waals surface area contributed by atoms with Crippen molar-refractivity contribution >= 4 is 23.4 Å². The van der Waals surface area contributed by atoms with Crippen LogP contribution in [0.3, 0.4) is 0 Å². The van der Waals surface area contributed by atoms with Crippen molar-refractivity contribution in [2.75, 3.05) is 13.7 Å². The highest BCUT2D eigenvalue weighted by Gasteiger charge is 2.18. The Labute approximate surface area is 109 Å². The van der Waals surface area contributed by atoms with Crippen LogP contribution in [0.5, 0.6) is 0 Å². The maximum atomic E-state index is 11.3. The van der Waals surface area contributed by atoms with Gasteiger partial charge in [0, 0.05) is 19.7 Å². The monoisotopic (exact) mass is 271 g/mol. The molecule has 7 heteroatoms. The summed E-state index contributed by atoms with van der Waals surface area (Å²) in [6, 6.07) is 2.52. The molecule has 1 aromatic heterocycles. The lowest BCUT2D eigenvalue weighted by atomic mass is 10.1. The SMILES string of the molecule is COCC(=O)N[C@@H](Cc1ccc(Cl)nc1)C(N)=O. The molecule has 98 valence electrons. The number of halogens is 1. The predicted molar refractivity (Wildman–Crippen MR) is 66.0 cm³/mol. The summed E-state index contributed by atoms with van der Waals surface area (Å²) in [4.78, 5) is 26.4. The second kappa shape index (κ2) is 6.93. The molecule has 1 heterocycles. The van der Waals surface area contributed by atoms with Gasteiger partial charge in [0.1, 0.15) is 17.8 Å². The van der Waals surface area contributed by atoms with Crippen molar-refractivity contribution in [3.05, 3.63) is 29.0 Å². The highest BCUT2D eigenvalue weighted by Crippen LogP contribution is 2.07. The number of aromatic nitrogens is 1. The van der Waals surface area contributed by atoms with Gasteiger partial charge in [-0.1, -0.05) is 17.7 Å². The number of pyridine rings is 1. The number of carbonyl (C=O) groups is 2. The molecule has 0 fully saturated rings. The van der Waals surface area contributed by atoms with Crippen LogP contribution in [0.4, 0.5) is 0 Å². The topological polar surface area (TPSA) is 94.3 Å². The van der Waals surface area contributed by atoms with E-state index in [-0.39, 0.29) is 13.0 Å². The van der Waals surface area contributed by atoms with E-state index in [4.69, 9.17) is 17.3 Å². The second-order valence-corrected chi connectivity index (χ2v) is 4.04. The number of carbonyl (C=O) groups excluding carboxylic acids is 2. The van der Waals surface area contributed by atoms with Crippen molar-refractivity contribution in [3.63, 3.8) is 0 Å². The van der Waals surface area contributed by atoms with Gasteiger partial charge in [0.15, 0.2) is 0 Å². The first-order valence-electron chi connectivity index (χ1n) is 5.21. The molecular weight excluding hydrogens is 258 g/mol. The van der Waals surface area contributed by atoms with Gasteiger partial charge >= 0.3 is 0 Å². The summed E-state index contributed by atoms with van der Waals surface area (Å²) in [6.45, 7) is -0.122. The lowest BCUT2D eigenvalue weighted by Crippen LogP contribution is -2.47. The van der Waals surface area contributed by atoms with E-state index in [0.717, 1.165) is 5.56 Å². The molecule has 0 aliphatic heterocycles. The van der Waals surface area contributed by atoms with Crippen molar-refractivity contribution in [1.82, 2.24) is 10.3 Å². The number of amides is 2. The Kier molecular flexibility index (Phi) is 5.54. The van der Waals surface area contributed by atoms with Crippen molar-refractivity contribution in [2.24, 2.45) is 5.73 Å². The van der Waals surface area contributed by atoms with Crippen molar-refractivity contribution in [3.8, 4) is 0 Å². The van der Waals surface area contributed by atoms with Gasteiger partial charge in [-0.15, -0.1) is 0 Å². The molecule has 0 unspecified atom stereocenters. The zero-order valence-corrected chi connectivity index (χ0v) is 10.6. The third kappa shape index (κ3) is 4.68. The van der Waals surface area contributed by atoms with E-state index in [1.807, 2.05) is 0 Å². The van der Waals surface area contributed by atoms with Crippen LogP contribution in [0.1, 0.15) is 5.56 Å². The van der Waals surface area contributed by atoms with Crippen molar-refractivity contribution in [1.29, 1.82) is 0 Å². The molecule has 3 N–H and O–H groups in total. The minimum absolute atomic E-state index is 0.122. The Balaban J connectivity index is 2.65. The largest absolute Gasteiger partial charge is 0.375 e. The summed E-state index contributed by atoms with van der Waals surface area (Å²) in [5, 5.41) is 2.84. The van der Waals surface area contributed by atoms with Crippen LogP contribution in [-0.4, -0.2) is 36.6 Å². The highest BCUT2D eigenvalue weighted by molar-refractivity contribution is 6.29. The fourth-order valence-corrected chi connectivity index (χ4v) is 1.46. The Morgan fingerprint density at radius 2 is 2.28 bits per heavy atom. The van der Waals surface area contributed by atoms with E-state index < -0.39 is 17.9 Å². The van der Waals surface area contributed by atoms with Crippen LogP contribution in [0, 0.1) is 0 Å². The van der Waals surface area contributed by atoms with E-state index in [1.165, 1.54) is 13.3 Å². The standard InChI is InChI=1S/C11H14ClN3O3/c1-18-6-10(16)15-8(11(13)17)4-7-2-3-9(12)14-5-7/h2-3,5,8H,4,6H2,1H3,(H2,13,17)(H,15,16)/t8-/m0/s1. The minimum atomic E-state index is -0.796. The summed E-state index contributed by atoms with van der Waals surface area (Å²) in [5.74, 6) is -1.02. The second-order valence-electron chi connectivity index (χ2n) is 3.65. The molecular formula is C11H14ClN3O3. The number of rotatable bonds is 6. The van der Waals surface area contributed by atoms with Crippen molar-refractivity contribution < 1.29 is 14.3 Å². The highest BCUT2D eigenvalue weighted by atomic mass is 35.5. The molecule has 0 bridgehead atoms. The average Bonchev–Trinajstić information content (AvgIpc) is 2.31. The Morgan fingerprint density at radius 1 is 1.56 bits per heavy atom. The van der Waals surface area contributed by atoms with E-state index in [9.17, 15) is 9.59 Å². The number of hydrogen-bond donors (Lipinski definition) is 2. The first-order chi connectivity index (χ1) is 8.52. The molecule has 0 saturated carbocycles. The predicted octanol–water partition coefficient (Wildman–Crippen LogP) is -0.106. The summed E-state index contributed by atoms with van der Waals surface area (Å²) >= 11 is 5.65. The Hall–Kier alpha value is -1.66. The van der Waals surface area contributed by atoms with Crippen LogP contribution >= 0.6 is 11.6 Å². The summed E-state index contributed by atoms with van der Waals surface area (Å²) in [7, 11) is 1.39. The van der Waals surface area contributed by atoms with Gasteiger partial charge in [0.2, 0.25) is 11.8 Å². The smallest absolute Gasteiger partial charge is 0.246 e. The van der Waals surface area contributed by atoms with Crippen LogP contribution in [-0.2, 0) is 20.7 Å². The number of primary amides is 1. The molecule has 0 saturated heterocycles. The fourth-order valence-electron chi connectivity index (χ4n) is 1.35. The molecule has 1 rings (SSSR count). The summed E-state index contributed by atoms with van der Waals surface area (Å²) in [6.07, 6.45) is 1.79. The van der Waals surface area contributed by atoms with Crippen molar-refractivity contribution in [2.45, 2.75) is 12.5 Å². The maximum Gasteiger partial charge on any atom is 0.246 e. The number of nitrogens with zero attached hydrogens (tertiary/aromatic N) is 1. The third-order valence-corrected chi connectivity index (χ3v) is 2.41. The fraction of sp³-hybridized carbons (Fsp3) is 0.364. The quantitative estimate of drug-likeness (QED) is 0.706. The van der Waals surface area contributed by atoms with Crippen LogP contribution in [0.15, 0.2) is 18.3 Å². The molecule has 0 aliphatic carbocycles. The van der Waals surface area contributed by atoms with E-state index in [0.29, 0.717) is 5.15 Å². The van der Waals surface area contributed by atoms with Gasteiger partial charge in [-0.2, -0.15) is 0 Å². The molecule has 0 radical (unpaired) electrons. The molecule has 1 atom stereocenters. The molecule has 6 nitrogen and oxygen atoms in total. The van der Waals surface area contributed by atoms with Gasteiger partial charge in [-0.05, 0) is 11.6 Å². The Bertz CT molecular complexity index is 422. The molecule has 0 spiro atoms. The normalized spacial score (nSPS) is 11.9. The number of methoxy groups -OCH3 is 1. The maximum absolute atomic E-state index is 11.3. The van der Waals surface area contributed by atoms with Gasteiger partial charge < -0.3 is 15.8 Å². The number of nitrogens with one attached hydrogen (secondary N) is 1. The first-order valence-corrected chi connectivity index (χ1v) is 5.58. The first kappa shape index (κ1) is 14.4. The van der Waals surface area contributed by atoms with Crippen LogP contribution in [0.25, 0.3) is 0 Å². The van der Waals surface area contributed by atoms with E-state index >= 15 is 0 Å². The number of nitrogens with two attached hydrogens (primary N) is 1. The number of hydrogen-bond acceptors (Lipinski definition) is 4. The van der Waals surface area contributed by atoms with Crippen LogP contribution in [0.2, 0.25) is 5.15 Å². The Morgan fingerprint density at radius 3 is 2.78 bits per heavy atom. The van der Waals surface area contributed by atoms with Gasteiger partial charge in [-0.25, -0.2) is 4.98 Å². The lowest BCUT2D eigenvalue weighted by molar-refractivity contribution is -0.129. The molecule has 2 amide bonds. The summed E-state index contributed by atoms with van der Waals surface area (Å²) < 4.78 is 4.66. The number of ether oxygens (including phenoxy) is 1. The zero-order chi connectivity index (χ0) is 13.5. The molecule has 1 aromatic rings. The van der Waals surface area contributed by atoms with Crippen LogP contribution < -0.4 is 11.1 Å². The summed E-state index contributed by atoms with van der Waals surface area (Å²) in [5.41, 5.74) is 5.97. The molecule has 0 aliphatic rings. The lowest BCUT2D eigenvalue weighted by Gasteiger charge is -2.15. The average molecular weight is 272 g/mol. The van der Waals surface area contributed by atoms with E-state index in [1.54, 1.807) is 12.1 Å². The van der Waals surface area contributed by atoms with Gasteiger partial charge in [0.25, 0.3) is 0 Å². The van der Waals surface area contributed by atoms with Gasteiger partial charge in [-0.3, -0.25) is 9.59 Å².